The zero-order chi connectivity index (χ0) is 16.8. The summed E-state index contributed by atoms with van der Waals surface area (Å²) in [6, 6.07) is 5.37. The minimum absolute atomic E-state index is 0. The molecule has 1 aromatic carbocycles. The highest BCUT2D eigenvalue weighted by Gasteiger charge is 2.22. The lowest BCUT2D eigenvalue weighted by atomic mass is 9.84. The van der Waals surface area contributed by atoms with Crippen LogP contribution in [0.5, 0.6) is 5.75 Å². The van der Waals surface area contributed by atoms with E-state index in [0.717, 1.165) is 25.9 Å². The van der Waals surface area contributed by atoms with E-state index < -0.39 is 0 Å². The number of rotatable bonds is 6. The van der Waals surface area contributed by atoms with Crippen LogP contribution in [0.25, 0.3) is 0 Å². The second-order valence-electron chi connectivity index (χ2n) is 6.63. The molecule has 1 aliphatic rings. The van der Waals surface area contributed by atoms with Crippen molar-refractivity contribution >= 4 is 35.6 Å². The third-order valence-electron chi connectivity index (χ3n) is 4.27. The van der Waals surface area contributed by atoms with Crippen LogP contribution < -0.4 is 15.4 Å². The summed E-state index contributed by atoms with van der Waals surface area (Å²) in [6.45, 7) is 8.19. The van der Waals surface area contributed by atoms with Gasteiger partial charge in [-0.1, -0.05) is 18.5 Å². The number of carbonyl (C=O) groups is 1. The van der Waals surface area contributed by atoms with Gasteiger partial charge < -0.3 is 15.4 Å². The van der Waals surface area contributed by atoms with Gasteiger partial charge in [0.2, 0.25) is 5.91 Å². The van der Waals surface area contributed by atoms with Crippen molar-refractivity contribution < 1.29 is 9.53 Å². The van der Waals surface area contributed by atoms with Gasteiger partial charge in [-0.25, -0.2) is 0 Å². The molecule has 1 heterocycles. The Kier molecular flexibility index (Phi) is 8.88. The third kappa shape index (κ3) is 6.50. The molecule has 0 spiro atoms. The molecule has 1 aromatic rings. The van der Waals surface area contributed by atoms with Gasteiger partial charge in [0.05, 0.1) is 11.1 Å². The summed E-state index contributed by atoms with van der Waals surface area (Å²) in [5.74, 6) is 1.72. The van der Waals surface area contributed by atoms with E-state index in [-0.39, 0.29) is 24.4 Å². The first-order valence-corrected chi connectivity index (χ1v) is 8.80. The summed E-state index contributed by atoms with van der Waals surface area (Å²) in [4.78, 5) is 12.2. The zero-order valence-corrected chi connectivity index (χ0v) is 16.2. The highest BCUT2D eigenvalue weighted by Crippen LogP contribution is 2.29. The second-order valence-corrected chi connectivity index (χ2v) is 7.04. The van der Waals surface area contributed by atoms with E-state index in [9.17, 15) is 4.79 Å². The summed E-state index contributed by atoms with van der Waals surface area (Å²) in [6.07, 6.45) is 2.93. The first kappa shape index (κ1) is 21.1. The first-order valence-electron chi connectivity index (χ1n) is 8.42. The molecule has 0 bridgehead atoms. The van der Waals surface area contributed by atoms with Crippen LogP contribution >= 0.6 is 24.0 Å². The number of anilines is 1. The van der Waals surface area contributed by atoms with E-state index in [1.807, 2.05) is 19.9 Å². The maximum atomic E-state index is 12.2. The maximum absolute atomic E-state index is 12.2. The van der Waals surface area contributed by atoms with Gasteiger partial charge in [-0.05, 0) is 69.8 Å². The van der Waals surface area contributed by atoms with Gasteiger partial charge in [-0.3, -0.25) is 4.79 Å². The molecule has 1 saturated heterocycles. The number of carbonyl (C=O) groups excluding carboxylic acids is 1. The van der Waals surface area contributed by atoms with E-state index in [1.54, 1.807) is 12.1 Å². The Bertz CT molecular complexity index is 532. The number of benzene rings is 1. The number of piperidine rings is 1. The smallest absolute Gasteiger partial charge is 0.224 e. The molecular formula is C18H28Cl2N2O2. The van der Waals surface area contributed by atoms with Gasteiger partial charge in [0.15, 0.2) is 0 Å². The van der Waals surface area contributed by atoms with Crippen molar-refractivity contribution in [1.29, 1.82) is 0 Å². The van der Waals surface area contributed by atoms with Gasteiger partial charge in [-0.2, -0.15) is 0 Å². The predicted octanol–water partition coefficient (Wildman–Crippen LogP) is 4.51. The molecule has 2 rings (SSSR count). The zero-order valence-electron chi connectivity index (χ0n) is 14.6. The average molecular weight is 375 g/mol. The molecule has 0 saturated carbocycles. The van der Waals surface area contributed by atoms with Gasteiger partial charge in [0, 0.05) is 12.1 Å². The molecule has 0 aliphatic carbocycles. The van der Waals surface area contributed by atoms with E-state index in [2.05, 4.69) is 17.6 Å². The molecule has 0 radical (unpaired) electrons. The third-order valence-corrected chi connectivity index (χ3v) is 4.57. The normalized spacial score (nSPS) is 16.4. The standard InChI is InChI=1S/C18H27ClN2O2.ClH/c1-12(2)23-17-5-4-15(11-16(17)19)21-18(22)10-13(3)14-6-8-20-9-7-14;/h4-5,11-14,20H,6-10H2,1-3H3,(H,21,22);1H. The van der Waals surface area contributed by atoms with Crippen molar-refractivity contribution in [3.63, 3.8) is 0 Å². The Morgan fingerprint density at radius 3 is 2.58 bits per heavy atom. The molecule has 24 heavy (non-hydrogen) atoms. The topological polar surface area (TPSA) is 50.4 Å². The lowest BCUT2D eigenvalue weighted by molar-refractivity contribution is -0.117. The monoisotopic (exact) mass is 374 g/mol. The van der Waals surface area contributed by atoms with Gasteiger partial charge in [-0.15, -0.1) is 12.4 Å². The number of hydrogen-bond acceptors (Lipinski definition) is 3. The molecule has 4 nitrogen and oxygen atoms in total. The summed E-state index contributed by atoms with van der Waals surface area (Å²) in [7, 11) is 0. The Morgan fingerprint density at radius 1 is 1.33 bits per heavy atom. The summed E-state index contributed by atoms with van der Waals surface area (Å²) in [5, 5.41) is 6.82. The molecular weight excluding hydrogens is 347 g/mol. The molecule has 1 amide bonds. The molecule has 2 N–H and O–H groups in total. The van der Waals surface area contributed by atoms with Crippen molar-refractivity contribution in [3.8, 4) is 5.75 Å². The average Bonchev–Trinajstić information content (AvgIpc) is 2.50. The van der Waals surface area contributed by atoms with E-state index >= 15 is 0 Å². The van der Waals surface area contributed by atoms with Crippen molar-refractivity contribution in [1.82, 2.24) is 5.32 Å². The van der Waals surface area contributed by atoms with E-state index in [0.29, 0.717) is 34.7 Å². The van der Waals surface area contributed by atoms with Crippen LogP contribution in [-0.2, 0) is 4.79 Å². The second kappa shape index (κ2) is 10.1. The van der Waals surface area contributed by atoms with Crippen molar-refractivity contribution in [3.05, 3.63) is 23.2 Å². The van der Waals surface area contributed by atoms with Crippen LogP contribution in [0.15, 0.2) is 18.2 Å². The first-order chi connectivity index (χ1) is 11.0. The highest BCUT2D eigenvalue weighted by atomic mass is 35.5. The number of halogens is 2. The fourth-order valence-electron chi connectivity index (χ4n) is 3.01. The van der Waals surface area contributed by atoms with Crippen LogP contribution in [0, 0.1) is 11.8 Å². The maximum Gasteiger partial charge on any atom is 0.224 e. The molecule has 1 aliphatic heterocycles. The summed E-state index contributed by atoms with van der Waals surface area (Å²) >= 11 is 6.20. The van der Waals surface area contributed by atoms with Crippen LogP contribution in [0.4, 0.5) is 5.69 Å². The molecule has 1 unspecified atom stereocenters. The number of hydrogen-bond donors (Lipinski definition) is 2. The minimum Gasteiger partial charge on any atom is -0.489 e. The van der Waals surface area contributed by atoms with Crippen molar-refractivity contribution in [2.24, 2.45) is 11.8 Å². The lowest BCUT2D eigenvalue weighted by Crippen LogP contribution is -2.32. The quantitative estimate of drug-likeness (QED) is 0.769. The van der Waals surface area contributed by atoms with Crippen LogP contribution in [0.3, 0.4) is 0 Å². The molecule has 1 atom stereocenters. The molecule has 0 aromatic heterocycles. The van der Waals surface area contributed by atoms with Crippen molar-refractivity contribution in [2.45, 2.75) is 46.1 Å². The van der Waals surface area contributed by atoms with Crippen molar-refractivity contribution in [2.75, 3.05) is 18.4 Å². The van der Waals surface area contributed by atoms with Crippen LogP contribution in [-0.4, -0.2) is 25.1 Å². The molecule has 1 fully saturated rings. The predicted molar refractivity (Wildman–Crippen MR) is 102 cm³/mol. The number of ether oxygens (including phenoxy) is 1. The SMILES string of the molecule is CC(C)Oc1ccc(NC(=O)CC(C)C2CCNCC2)cc1Cl.Cl. The van der Waals surface area contributed by atoms with Gasteiger partial charge in [0.25, 0.3) is 0 Å². The minimum atomic E-state index is 0. The Morgan fingerprint density at radius 2 is 2.00 bits per heavy atom. The van der Waals surface area contributed by atoms with Crippen LogP contribution in [0.2, 0.25) is 5.02 Å². The van der Waals surface area contributed by atoms with Crippen LogP contribution in [0.1, 0.15) is 40.0 Å². The van der Waals surface area contributed by atoms with Gasteiger partial charge in [0.1, 0.15) is 5.75 Å². The summed E-state index contributed by atoms with van der Waals surface area (Å²) < 4.78 is 5.60. The Labute approximate surface area is 156 Å². The molecule has 6 heteroatoms. The molecule has 136 valence electrons. The van der Waals surface area contributed by atoms with E-state index in [4.69, 9.17) is 16.3 Å². The number of nitrogens with one attached hydrogen (secondary N) is 2. The fourth-order valence-corrected chi connectivity index (χ4v) is 3.24. The Hall–Kier alpha value is -0.970. The lowest BCUT2D eigenvalue weighted by Gasteiger charge is -2.27. The fraction of sp³-hybridized carbons (Fsp3) is 0.611. The Balaban J connectivity index is 0.00000288. The van der Waals surface area contributed by atoms with E-state index in [1.165, 1.54) is 0 Å². The largest absolute Gasteiger partial charge is 0.489 e. The summed E-state index contributed by atoms with van der Waals surface area (Å²) in [5.41, 5.74) is 0.716. The van der Waals surface area contributed by atoms with Gasteiger partial charge >= 0.3 is 0 Å². The highest BCUT2D eigenvalue weighted by molar-refractivity contribution is 6.32. The number of amides is 1.